The summed E-state index contributed by atoms with van der Waals surface area (Å²) in [6, 6.07) is 10.3. The van der Waals surface area contributed by atoms with E-state index in [0.717, 1.165) is 0 Å². The number of sulfonamides is 1. The highest BCUT2D eigenvalue weighted by atomic mass is 35.5. The van der Waals surface area contributed by atoms with Gasteiger partial charge in [-0.1, -0.05) is 16.8 Å². The number of rotatable bonds is 9. The Bertz CT molecular complexity index is 1290. The molecule has 2 aromatic carbocycles. The van der Waals surface area contributed by atoms with Crippen molar-refractivity contribution in [2.75, 3.05) is 17.1 Å². The first kappa shape index (κ1) is 24.3. The molecule has 1 heterocycles. The SMILES string of the molecule is COc1ccc(Cl)cc1C(=O)CCC(=O)Nc1ccc(S(=O)(=O)Nc2onc(C)c2C)cc1. The molecule has 0 bridgehead atoms. The van der Waals surface area contributed by atoms with Crippen molar-refractivity contribution in [3.05, 3.63) is 64.3 Å². The maximum Gasteiger partial charge on any atom is 0.264 e. The molecule has 1 aromatic heterocycles. The van der Waals surface area contributed by atoms with Crippen LogP contribution >= 0.6 is 11.6 Å². The third-order valence-corrected chi connectivity index (χ3v) is 6.46. The number of nitrogens with one attached hydrogen (secondary N) is 2. The number of ketones is 1. The Morgan fingerprint density at radius 1 is 1.09 bits per heavy atom. The number of methoxy groups -OCH3 is 1. The van der Waals surface area contributed by atoms with Crippen LogP contribution in [0.25, 0.3) is 0 Å². The monoisotopic (exact) mass is 491 g/mol. The zero-order chi connectivity index (χ0) is 24.2. The highest BCUT2D eigenvalue weighted by Crippen LogP contribution is 2.25. The van der Waals surface area contributed by atoms with Crippen molar-refractivity contribution in [2.45, 2.75) is 31.6 Å². The molecule has 174 valence electrons. The molecule has 0 atom stereocenters. The van der Waals surface area contributed by atoms with Gasteiger partial charge in [-0.05, 0) is 56.3 Å². The second-order valence-electron chi connectivity index (χ2n) is 7.17. The normalized spacial score (nSPS) is 11.2. The van der Waals surface area contributed by atoms with Gasteiger partial charge in [0, 0.05) is 29.1 Å². The van der Waals surface area contributed by atoms with Crippen LogP contribution in [0.15, 0.2) is 51.9 Å². The minimum Gasteiger partial charge on any atom is -0.496 e. The maximum atomic E-state index is 12.5. The Hall–Kier alpha value is -3.37. The van der Waals surface area contributed by atoms with Crippen molar-refractivity contribution < 1.29 is 27.3 Å². The third kappa shape index (κ3) is 5.91. The summed E-state index contributed by atoms with van der Waals surface area (Å²) >= 11 is 5.94. The number of Topliss-reactive ketones (excluding diaryl/α,β-unsaturated/α-hetero) is 1. The van der Waals surface area contributed by atoms with Crippen LogP contribution in [0.4, 0.5) is 11.6 Å². The lowest BCUT2D eigenvalue weighted by Gasteiger charge is -2.09. The molecule has 0 radical (unpaired) electrons. The lowest BCUT2D eigenvalue weighted by molar-refractivity contribution is -0.116. The molecular weight excluding hydrogens is 470 g/mol. The molecule has 2 N–H and O–H groups in total. The van der Waals surface area contributed by atoms with Gasteiger partial charge in [0.2, 0.25) is 11.8 Å². The largest absolute Gasteiger partial charge is 0.496 e. The number of amides is 1. The summed E-state index contributed by atoms with van der Waals surface area (Å²) in [5.74, 6) is -0.252. The second kappa shape index (κ2) is 10.1. The molecule has 33 heavy (non-hydrogen) atoms. The smallest absolute Gasteiger partial charge is 0.264 e. The van der Waals surface area contributed by atoms with E-state index in [1.807, 2.05) is 0 Å². The van der Waals surface area contributed by atoms with Crippen molar-refractivity contribution in [1.82, 2.24) is 5.16 Å². The van der Waals surface area contributed by atoms with Gasteiger partial charge in [-0.2, -0.15) is 0 Å². The van der Waals surface area contributed by atoms with Crippen LogP contribution in [0.2, 0.25) is 5.02 Å². The van der Waals surface area contributed by atoms with E-state index in [1.165, 1.54) is 37.4 Å². The number of carbonyl (C=O) groups is 2. The average molecular weight is 492 g/mol. The zero-order valence-corrected chi connectivity index (χ0v) is 19.7. The van der Waals surface area contributed by atoms with E-state index in [2.05, 4.69) is 15.2 Å². The van der Waals surface area contributed by atoms with Gasteiger partial charge >= 0.3 is 0 Å². The van der Waals surface area contributed by atoms with Gasteiger partial charge in [0.25, 0.3) is 10.0 Å². The van der Waals surface area contributed by atoms with Crippen molar-refractivity contribution >= 4 is 44.9 Å². The summed E-state index contributed by atoms with van der Waals surface area (Å²) in [5, 5.41) is 6.74. The van der Waals surface area contributed by atoms with E-state index in [9.17, 15) is 18.0 Å². The number of anilines is 2. The fourth-order valence-electron chi connectivity index (χ4n) is 2.89. The minimum atomic E-state index is -3.89. The summed E-state index contributed by atoms with van der Waals surface area (Å²) in [7, 11) is -2.45. The number of aromatic nitrogens is 1. The summed E-state index contributed by atoms with van der Waals surface area (Å²) < 4.78 is 37.6. The van der Waals surface area contributed by atoms with E-state index in [4.69, 9.17) is 20.9 Å². The predicted octanol–water partition coefficient (Wildman–Crippen LogP) is 4.36. The zero-order valence-electron chi connectivity index (χ0n) is 18.1. The van der Waals surface area contributed by atoms with Gasteiger partial charge in [-0.3, -0.25) is 9.59 Å². The van der Waals surface area contributed by atoms with E-state index in [0.29, 0.717) is 33.3 Å². The highest BCUT2D eigenvalue weighted by Gasteiger charge is 2.19. The molecule has 0 saturated carbocycles. The van der Waals surface area contributed by atoms with E-state index in [1.54, 1.807) is 26.0 Å². The summed E-state index contributed by atoms with van der Waals surface area (Å²) in [6.45, 7) is 3.39. The number of carbonyl (C=O) groups excluding carboxylic acids is 2. The molecule has 0 fully saturated rings. The summed E-state index contributed by atoms with van der Waals surface area (Å²) in [4.78, 5) is 24.7. The molecular formula is C22H22ClN3O6S. The Labute approximate surface area is 196 Å². The molecule has 0 aliphatic rings. The maximum absolute atomic E-state index is 12.5. The van der Waals surface area contributed by atoms with Crippen molar-refractivity contribution in [2.24, 2.45) is 0 Å². The molecule has 0 spiro atoms. The van der Waals surface area contributed by atoms with E-state index in [-0.39, 0.29) is 29.4 Å². The molecule has 3 aromatic rings. The van der Waals surface area contributed by atoms with Gasteiger partial charge in [0.05, 0.1) is 23.3 Å². The summed E-state index contributed by atoms with van der Waals surface area (Å²) in [6.07, 6.45) is -0.116. The number of hydrogen-bond acceptors (Lipinski definition) is 7. The van der Waals surface area contributed by atoms with Crippen molar-refractivity contribution in [3.63, 3.8) is 0 Å². The van der Waals surface area contributed by atoms with Crippen molar-refractivity contribution in [1.29, 1.82) is 0 Å². The molecule has 1 amide bonds. The van der Waals surface area contributed by atoms with Gasteiger partial charge < -0.3 is 14.6 Å². The fraction of sp³-hybridized carbons (Fsp3) is 0.227. The quantitative estimate of drug-likeness (QED) is 0.425. The number of benzene rings is 2. The molecule has 0 aliphatic heterocycles. The Morgan fingerprint density at radius 3 is 2.39 bits per heavy atom. The van der Waals surface area contributed by atoms with Crippen LogP contribution in [-0.2, 0) is 14.8 Å². The first-order chi connectivity index (χ1) is 15.6. The van der Waals surface area contributed by atoms with Crippen LogP contribution in [-0.4, -0.2) is 32.4 Å². The minimum absolute atomic E-state index is 0.0165. The van der Waals surface area contributed by atoms with Crippen LogP contribution in [0.1, 0.15) is 34.5 Å². The Morgan fingerprint density at radius 2 is 1.79 bits per heavy atom. The summed E-state index contributed by atoms with van der Waals surface area (Å²) in [5.41, 5.74) is 1.86. The standard InChI is InChI=1S/C22H22ClN3O6S/c1-13-14(2)25-32-22(13)26-33(29,30)17-7-5-16(6-8-17)24-21(28)11-9-19(27)18-12-15(23)4-10-20(18)31-3/h4-8,10,12,26H,9,11H2,1-3H3,(H,24,28). The number of aryl methyl sites for hydroxylation is 1. The van der Waals surface area contributed by atoms with Crippen LogP contribution in [0.5, 0.6) is 5.75 Å². The second-order valence-corrected chi connectivity index (χ2v) is 9.29. The molecule has 11 heteroatoms. The first-order valence-electron chi connectivity index (χ1n) is 9.83. The highest BCUT2D eigenvalue weighted by molar-refractivity contribution is 7.92. The average Bonchev–Trinajstić information content (AvgIpc) is 3.09. The molecule has 0 aliphatic carbocycles. The van der Waals surface area contributed by atoms with Gasteiger partial charge in [0.15, 0.2) is 5.78 Å². The topological polar surface area (TPSA) is 128 Å². The first-order valence-corrected chi connectivity index (χ1v) is 11.7. The number of halogens is 1. The predicted molar refractivity (Wildman–Crippen MR) is 123 cm³/mol. The van der Waals surface area contributed by atoms with Gasteiger partial charge in [-0.25, -0.2) is 13.1 Å². The van der Waals surface area contributed by atoms with Crippen LogP contribution < -0.4 is 14.8 Å². The number of ether oxygens (including phenoxy) is 1. The molecule has 0 saturated heterocycles. The van der Waals surface area contributed by atoms with Gasteiger partial charge in [-0.15, -0.1) is 0 Å². The Balaban J connectivity index is 1.59. The third-order valence-electron chi connectivity index (χ3n) is 4.87. The lowest BCUT2D eigenvalue weighted by atomic mass is 10.1. The fourth-order valence-corrected chi connectivity index (χ4v) is 4.11. The van der Waals surface area contributed by atoms with Crippen LogP contribution in [0.3, 0.4) is 0 Å². The number of nitrogens with zero attached hydrogens (tertiary/aromatic N) is 1. The Kier molecular flexibility index (Phi) is 7.39. The van der Waals surface area contributed by atoms with E-state index >= 15 is 0 Å². The van der Waals surface area contributed by atoms with Gasteiger partial charge in [0.1, 0.15) is 5.75 Å². The van der Waals surface area contributed by atoms with E-state index < -0.39 is 15.9 Å². The molecule has 0 unspecified atom stereocenters. The number of hydrogen-bond donors (Lipinski definition) is 2. The molecule has 9 nitrogen and oxygen atoms in total. The molecule has 3 rings (SSSR count). The lowest BCUT2D eigenvalue weighted by Crippen LogP contribution is -2.15. The van der Waals surface area contributed by atoms with Crippen molar-refractivity contribution in [3.8, 4) is 5.75 Å². The van der Waals surface area contributed by atoms with Crippen LogP contribution in [0, 0.1) is 13.8 Å².